The second-order valence-electron chi connectivity index (χ2n) is 3.94. The Kier molecular flexibility index (Phi) is 4.95. The van der Waals surface area contributed by atoms with Crippen LogP contribution in [0.5, 0.6) is 5.75 Å². The highest BCUT2D eigenvalue weighted by Crippen LogP contribution is 2.29. The number of halogens is 4. The fourth-order valence-electron chi connectivity index (χ4n) is 1.66. The van der Waals surface area contributed by atoms with Gasteiger partial charge in [0.05, 0.1) is 0 Å². The zero-order valence-electron chi connectivity index (χ0n) is 10.1. The first-order chi connectivity index (χ1) is 8.40. The van der Waals surface area contributed by atoms with Crippen molar-refractivity contribution < 1.29 is 22.3 Å². The maximum Gasteiger partial charge on any atom is 0.387 e. The summed E-state index contributed by atoms with van der Waals surface area (Å²) < 4.78 is 54.2. The molecule has 1 aromatic rings. The van der Waals surface area contributed by atoms with Crippen LogP contribution in [0.2, 0.25) is 0 Å². The molecule has 0 amide bonds. The Morgan fingerprint density at radius 3 is 2.11 bits per heavy atom. The van der Waals surface area contributed by atoms with Crippen LogP contribution in [0.15, 0.2) is 24.3 Å². The summed E-state index contributed by atoms with van der Waals surface area (Å²) in [5.41, 5.74) is -1.18. The summed E-state index contributed by atoms with van der Waals surface area (Å²) in [4.78, 5) is 0. The van der Waals surface area contributed by atoms with Crippen molar-refractivity contribution in [1.29, 1.82) is 0 Å². The lowest BCUT2D eigenvalue weighted by atomic mass is 9.92. The van der Waals surface area contributed by atoms with Crippen LogP contribution in [0, 0.1) is 0 Å². The van der Waals surface area contributed by atoms with Gasteiger partial charge < -0.3 is 10.1 Å². The number of benzene rings is 1. The number of rotatable bonds is 6. The number of ether oxygens (including phenoxy) is 1. The van der Waals surface area contributed by atoms with Crippen LogP contribution in [0.1, 0.15) is 19.4 Å². The Hall–Kier alpha value is -1.30. The third-order valence-corrected chi connectivity index (χ3v) is 2.66. The van der Waals surface area contributed by atoms with E-state index >= 15 is 0 Å². The Morgan fingerprint density at radius 1 is 1.17 bits per heavy atom. The van der Waals surface area contributed by atoms with Gasteiger partial charge in [0.2, 0.25) is 0 Å². The fourth-order valence-corrected chi connectivity index (χ4v) is 1.66. The van der Waals surface area contributed by atoms with Crippen LogP contribution >= 0.6 is 0 Å². The molecule has 6 heteroatoms. The first-order valence-electron chi connectivity index (χ1n) is 5.48. The van der Waals surface area contributed by atoms with E-state index in [1.165, 1.54) is 31.2 Å². The summed E-state index contributed by atoms with van der Waals surface area (Å²) in [7, 11) is 0. The Bertz CT molecular complexity index is 369. The molecular formula is C12H15F4NO. The smallest absolute Gasteiger partial charge is 0.387 e. The van der Waals surface area contributed by atoms with Crippen LogP contribution in [-0.2, 0) is 5.54 Å². The molecule has 0 aliphatic rings. The van der Waals surface area contributed by atoms with E-state index in [0.717, 1.165) is 0 Å². The van der Waals surface area contributed by atoms with Gasteiger partial charge in [-0.2, -0.15) is 8.78 Å². The van der Waals surface area contributed by atoms with Crippen LogP contribution < -0.4 is 10.1 Å². The third-order valence-electron chi connectivity index (χ3n) is 2.66. The molecule has 1 aromatic carbocycles. The molecule has 0 aromatic heterocycles. The molecule has 0 fully saturated rings. The van der Waals surface area contributed by atoms with Crippen molar-refractivity contribution in [3.8, 4) is 5.75 Å². The lowest BCUT2D eigenvalue weighted by Crippen LogP contribution is -2.45. The minimum atomic E-state index is -2.92. The van der Waals surface area contributed by atoms with Crippen LogP contribution in [-0.4, -0.2) is 19.6 Å². The highest BCUT2D eigenvalue weighted by Gasteiger charge is 2.35. The summed E-state index contributed by atoms with van der Waals surface area (Å²) >= 11 is 0. The molecule has 1 unspecified atom stereocenters. The number of nitrogens with one attached hydrogen (secondary N) is 1. The van der Waals surface area contributed by atoms with Crippen molar-refractivity contribution >= 4 is 0 Å². The molecule has 1 N–H and O–H groups in total. The maximum absolute atomic E-state index is 13.1. The molecule has 0 heterocycles. The minimum absolute atomic E-state index is 0.0538. The molecule has 0 saturated carbocycles. The molecule has 0 spiro atoms. The summed E-state index contributed by atoms with van der Waals surface area (Å²) in [6.07, 6.45) is -2.61. The second-order valence-corrected chi connectivity index (χ2v) is 3.94. The number of hydrogen-bond donors (Lipinski definition) is 1. The number of alkyl halides is 4. The predicted octanol–water partition coefficient (Wildman–Crippen LogP) is 3.38. The number of hydrogen-bond acceptors (Lipinski definition) is 2. The van der Waals surface area contributed by atoms with Crippen LogP contribution in [0.3, 0.4) is 0 Å². The van der Waals surface area contributed by atoms with Gasteiger partial charge in [0.1, 0.15) is 11.3 Å². The molecule has 0 aliphatic heterocycles. The zero-order chi connectivity index (χ0) is 13.8. The molecule has 0 saturated heterocycles. The van der Waals surface area contributed by atoms with Crippen molar-refractivity contribution in [2.24, 2.45) is 0 Å². The van der Waals surface area contributed by atoms with Crippen molar-refractivity contribution in [2.45, 2.75) is 32.4 Å². The molecule has 1 atom stereocenters. The summed E-state index contributed by atoms with van der Waals surface area (Å²) in [5, 5.41) is 2.70. The zero-order valence-corrected chi connectivity index (χ0v) is 10.1. The lowest BCUT2D eigenvalue weighted by molar-refractivity contribution is -0.0499. The quantitative estimate of drug-likeness (QED) is 0.796. The molecule has 0 aliphatic carbocycles. The highest BCUT2D eigenvalue weighted by molar-refractivity contribution is 5.32. The van der Waals surface area contributed by atoms with E-state index in [1.807, 2.05) is 0 Å². The highest BCUT2D eigenvalue weighted by atomic mass is 19.3. The maximum atomic E-state index is 13.1. The minimum Gasteiger partial charge on any atom is -0.435 e. The summed E-state index contributed by atoms with van der Waals surface area (Å²) in [6.45, 7) is 0.529. The van der Waals surface area contributed by atoms with Crippen LogP contribution in [0.25, 0.3) is 0 Å². The fraction of sp³-hybridized carbons (Fsp3) is 0.500. The van der Waals surface area contributed by atoms with Gasteiger partial charge in [-0.05, 0) is 31.2 Å². The van der Waals surface area contributed by atoms with Gasteiger partial charge in [0, 0.05) is 0 Å². The summed E-state index contributed by atoms with van der Waals surface area (Å²) in [6, 6.07) is 5.21. The van der Waals surface area contributed by atoms with Gasteiger partial charge >= 0.3 is 6.61 Å². The van der Waals surface area contributed by atoms with E-state index in [0.29, 0.717) is 12.1 Å². The van der Waals surface area contributed by atoms with Gasteiger partial charge in [-0.3, -0.25) is 0 Å². The predicted molar refractivity (Wildman–Crippen MR) is 60.1 cm³/mol. The Labute approximate surface area is 103 Å². The van der Waals surface area contributed by atoms with Crippen molar-refractivity contribution in [1.82, 2.24) is 5.32 Å². The Morgan fingerprint density at radius 2 is 1.72 bits per heavy atom. The first-order valence-corrected chi connectivity index (χ1v) is 5.48. The molecule has 102 valence electrons. The molecule has 1 rings (SSSR count). The molecule has 0 bridgehead atoms. The van der Waals surface area contributed by atoms with Gasteiger partial charge in [-0.1, -0.05) is 19.1 Å². The van der Waals surface area contributed by atoms with Gasteiger partial charge in [0.25, 0.3) is 6.43 Å². The average molecular weight is 265 g/mol. The van der Waals surface area contributed by atoms with E-state index in [-0.39, 0.29) is 5.75 Å². The van der Waals surface area contributed by atoms with Crippen molar-refractivity contribution in [3.05, 3.63) is 29.8 Å². The van der Waals surface area contributed by atoms with Gasteiger partial charge in [0.15, 0.2) is 0 Å². The molecular weight excluding hydrogens is 250 g/mol. The van der Waals surface area contributed by atoms with Crippen molar-refractivity contribution in [3.63, 3.8) is 0 Å². The standard InChI is InChI=1S/C12H15F4NO/c1-3-17-12(2,10(13)14)8-4-6-9(7-5-8)18-11(15)16/h4-7,10-11,17H,3H2,1-2H3. The molecule has 2 nitrogen and oxygen atoms in total. The average Bonchev–Trinajstić information content (AvgIpc) is 2.29. The Balaban J connectivity index is 2.94. The van der Waals surface area contributed by atoms with Gasteiger partial charge in [-0.15, -0.1) is 0 Å². The van der Waals surface area contributed by atoms with E-state index in [2.05, 4.69) is 10.1 Å². The topological polar surface area (TPSA) is 21.3 Å². The van der Waals surface area contributed by atoms with E-state index in [4.69, 9.17) is 0 Å². The normalized spacial score (nSPS) is 14.9. The van der Waals surface area contributed by atoms with Gasteiger partial charge in [-0.25, -0.2) is 8.78 Å². The van der Waals surface area contributed by atoms with Crippen molar-refractivity contribution in [2.75, 3.05) is 6.54 Å². The molecule has 0 radical (unpaired) electrons. The summed E-state index contributed by atoms with van der Waals surface area (Å²) in [5.74, 6) is -0.0538. The SMILES string of the molecule is CCNC(C)(c1ccc(OC(F)F)cc1)C(F)F. The van der Waals surface area contributed by atoms with E-state index in [1.54, 1.807) is 6.92 Å². The second kappa shape index (κ2) is 6.04. The van der Waals surface area contributed by atoms with E-state index in [9.17, 15) is 17.6 Å². The first kappa shape index (κ1) is 14.8. The third kappa shape index (κ3) is 3.35. The largest absolute Gasteiger partial charge is 0.435 e. The molecule has 18 heavy (non-hydrogen) atoms. The van der Waals surface area contributed by atoms with Crippen LogP contribution in [0.4, 0.5) is 17.6 Å². The monoisotopic (exact) mass is 265 g/mol. The van der Waals surface area contributed by atoms with E-state index < -0.39 is 18.6 Å². The lowest BCUT2D eigenvalue weighted by Gasteiger charge is -2.30.